The van der Waals surface area contributed by atoms with Gasteiger partial charge in [-0.2, -0.15) is 0 Å². The van der Waals surface area contributed by atoms with E-state index in [9.17, 15) is 4.79 Å². The summed E-state index contributed by atoms with van der Waals surface area (Å²) >= 11 is 0. The second kappa shape index (κ2) is 8.37. The molecule has 1 fully saturated rings. The number of hydrogen-bond acceptors (Lipinski definition) is 3. The summed E-state index contributed by atoms with van der Waals surface area (Å²) in [5.74, 6) is 1.23. The summed E-state index contributed by atoms with van der Waals surface area (Å²) in [4.78, 5) is 11.3. The average molecular weight is 242 g/mol. The van der Waals surface area contributed by atoms with Gasteiger partial charge in [-0.1, -0.05) is 33.1 Å². The van der Waals surface area contributed by atoms with Gasteiger partial charge in [0.05, 0.1) is 13.2 Å². The Morgan fingerprint density at radius 3 is 2.53 bits per heavy atom. The van der Waals surface area contributed by atoms with Crippen LogP contribution in [0, 0.1) is 11.8 Å². The maximum atomic E-state index is 11.3. The van der Waals surface area contributed by atoms with Crippen LogP contribution in [0.4, 0.5) is 4.79 Å². The molecule has 0 aliphatic heterocycles. The first-order valence-corrected chi connectivity index (χ1v) is 6.98. The molecule has 0 saturated heterocycles. The van der Waals surface area contributed by atoms with E-state index in [0.29, 0.717) is 25.0 Å². The fourth-order valence-corrected chi connectivity index (χ4v) is 2.23. The van der Waals surface area contributed by atoms with E-state index in [4.69, 9.17) is 9.47 Å². The van der Waals surface area contributed by atoms with Crippen LogP contribution in [-0.4, -0.2) is 19.4 Å². The third-order valence-corrected chi connectivity index (χ3v) is 3.31. The number of ether oxygens (including phenoxy) is 2. The Bertz CT molecular complexity index is 208. The predicted molar refractivity (Wildman–Crippen MR) is 67.9 cm³/mol. The molecule has 0 aromatic heterocycles. The lowest BCUT2D eigenvalue weighted by Crippen LogP contribution is -2.17. The molecule has 0 bridgehead atoms. The molecule has 1 saturated carbocycles. The molecule has 0 spiro atoms. The van der Waals surface area contributed by atoms with Crippen LogP contribution in [0.2, 0.25) is 0 Å². The lowest BCUT2D eigenvalue weighted by molar-refractivity contribution is 0.0384. The van der Waals surface area contributed by atoms with Crippen molar-refractivity contribution in [1.82, 2.24) is 0 Å². The number of hydrogen-bond donors (Lipinski definition) is 0. The van der Waals surface area contributed by atoms with Crippen LogP contribution in [0.15, 0.2) is 0 Å². The van der Waals surface area contributed by atoms with Crippen LogP contribution >= 0.6 is 0 Å². The van der Waals surface area contributed by atoms with E-state index >= 15 is 0 Å². The molecular formula is C14H26O3. The van der Waals surface area contributed by atoms with E-state index in [2.05, 4.69) is 13.8 Å². The fraction of sp³-hybridized carbons (Fsp3) is 0.929. The van der Waals surface area contributed by atoms with Gasteiger partial charge in [-0.15, -0.1) is 0 Å². The SMILES string of the molecule is CC(C)CCCOC(=O)OCC1CCCCC1. The minimum Gasteiger partial charge on any atom is -0.434 e. The first-order chi connectivity index (χ1) is 8.18. The molecule has 3 heteroatoms. The number of carbonyl (C=O) groups excluding carboxylic acids is 1. The summed E-state index contributed by atoms with van der Waals surface area (Å²) in [6.45, 7) is 5.37. The summed E-state index contributed by atoms with van der Waals surface area (Å²) in [7, 11) is 0. The van der Waals surface area contributed by atoms with Crippen LogP contribution in [0.5, 0.6) is 0 Å². The molecule has 0 radical (unpaired) electrons. The van der Waals surface area contributed by atoms with Gasteiger partial charge in [-0.05, 0) is 37.5 Å². The van der Waals surface area contributed by atoms with Gasteiger partial charge < -0.3 is 9.47 Å². The second-order valence-electron chi connectivity index (χ2n) is 5.45. The Balaban J connectivity index is 1.96. The molecule has 0 heterocycles. The van der Waals surface area contributed by atoms with E-state index in [1.165, 1.54) is 32.1 Å². The monoisotopic (exact) mass is 242 g/mol. The van der Waals surface area contributed by atoms with Crippen molar-refractivity contribution in [3.8, 4) is 0 Å². The molecule has 3 nitrogen and oxygen atoms in total. The zero-order chi connectivity index (χ0) is 12.5. The van der Waals surface area contributed by atoms with Gasteiger partial charge in [0, 0.05) is 0 Å². The highest BCUT2D eigenvalue weighted by Crippen LogP contribution is 2.23. The van der Waals surface area contributed by atoms with Crippen molar-refractivity contribution >= 4 is 6.16 Å². The molecule has 0 aromatic rings. The third-order valence-electron chi connectivity index (χ3n) is 3.31. The van der Waals surface area contributed by atoms with Crippen molar-refractivity contribution in [3.05, 3.63) is 0 Å². The van der Waals surface area contributed by atoms with Gasteiger partial charge in [0.15, 0.2) is 0 Å². The lowest BCUT2D eigenvalue weighted by atomic mass is 9.90. The van der Waals surface area contributed by atoms with E-state index < -0.39 is 6.16 Å². The third kappa shape index (κ3) is 7.24. The highest BCUT2D eigenvalue weighted by Gasteiger charge is 2.15. The molecule has 0 amide bonds. The maximum absolute atomic E-state index is 11.3. The Kier molecular flexibility index (Phi) is 7.06. The molecule has 0 aromatic carbocycles. The van der Waals surface area contributed by atoms with Gasteiger partial charge in [-0.3, -0.25) is 0 Å². The zero-order valence-electron chi connectivity index (χ0n) is 11.2. The van der Waals surface area contributed by atoms with Crippen molar-refractivity contribution in [1.29, 1.82) is 0 Å². The summed E-state index contributed by atoms with van der Waals surface area (Å²) in [6.07, 6.45) is 7.80. The van der Waals surface area contributed by atoms with E-state index in [1.807, 2.05) is 0 Å². The van der Waals surface area contributed by atoms with E-state index in [-0.39, 0.29) is 0 Å². The van der Waals surface area contributed by atoms with Gasteiger partial charge in [-0.25, -0.2) is 4.79 Å². The maximum Gasteiger partial charge on any atom is 0.508 e. The van der Waals surface area contributed by atoms with E-state index in [0.717, 1.165) is 12.8 Å². The minimum absolute atomic E-state index is 0.487. The highest BCUT2D eigenvalue weighted by atomic mass is 16.7. The largest absolute Gasteiger partial charge is 0.508 e. The first kappa shape index (κ1) is 14.3. The molecule has 0 atom stereocenters. The molecule has 1 aliphatic rings. The normalized spacial score (nSPS) is 17.1. The highest BCUT2D eigenvalue weighted by molar-refractivity contribution is 5.59. The average Bonchev–Trinajstić information content (AvgIpc) is 2.33. The fourth-order valence-electron chi connectivity index (χ4n) is 2.23. The van der Waals surface area contributed by atoms with Crippen molar-refractivity contribution in [3.63, 3.8) is 0 Å². The molecule has 17 heavy (non-hydrogen) atoms. The molecule has 1 aliphatic carbocycles. The smallest absolute Gasteiger partial charge is 0.434 e. The Hall–Kier alpha value is -0.730. The Labute approximate surface area is 105 Å². The van der Waals surface area contributed by atoms with Gasteiger partial charge in [0.25, 0.3) is 0 Å². The second-order valence-corrected chi connectivity index (χ2v) is 5.45. The van der Waals surface area contributed by atoms with Crippen molar-refractivity contribution in [2.45, 2.75) is 58.8 Å². The summed E-state index contributed by atoms with van der Waals surface area (Å²) in [6, 6.07) is 0. The topological polar surface area (TPSA) is 35.5 Å². The van der Waals surface area contributed by atoms with Crippen molar-refractivity contribution in [2.24, 2.45) is 11.8 Å². The molecule has 0 unspecified atom stereocenters. The van der Waals surface area contributed by atoms with Crippen molar-refractivity contribution < 1.29 is 14.3 Å². The zero-order valence-corrected chi connectivity index (χ0v) is 11.2. The summed E-state index contributed by atoms with van der Waals surface area (Å²) in [5.41, 5.74) is 0. The van der Waals surface area contributed by atoms with Gasteiger partial charge >= 0.3 is 6.16 Å². The lowest BCUT2D eigenvalue weighted by Gasteiger charge is -2.20. The van der Waals surface area contributed by atoms with Crippen LogP contribution in [0.3, 0.4) is 0 Å². The summed E-state index contributed by atoms with van der Waals surface area (Å²) < 4.78 is 10.1. The number of rotatable bonds is 6. The van der Waals surface area contributed by atoms with Crippen molar-refractivity contribution in [2.75, 3.05) is 13.2 Å². The van der Waals surface area contributed by atoms with Gasteiger partial charge in [0.2, 0.25) is 0 Å². The Morgan fingerprint density at radius 1 is 1.18 bits per heavy atom. The predicted octanol–water partition coefficient (Wildman–Crippen LogP) is 4.16. The molecular weight excluding hydrogens is 216 g/mol. The van der Waals surface area contributed by atoms with Crippen LogP contribution in [0.1, 0.15) is 58.8 Å². The van der Waals surface area contributed by atoms with Crippen LogP contribution < -0.4 is 0 Å². The molecule has 0 N–H and O–H groups in total. The molecule has 100 valence electrons. The standard InChI is InChI=1S/C14H26O3/c1-12(2)7-6-10-16-14(15)17-11-13-8-4-3-5-9-13/h12-13H,3-11H2,1-2H3. The van der Waals surface area contributed by atoms with Gasteiger partial charge in [0.1, 0.15) is 0 Å². The van der Waals surface area contributed by atoms with Crippen LogP contribution in [-0.2, 0) is 9.47 Å². The van der Waals surface area contributed by atoms with Crippen LogP contribution in [0.25, 0.3) is 0 Å². The van der Waals surface area contributed by atoms with E-state index in [1.54, 1.807) is 0 Å². The molecule has 1 rings (SSSR count). The summed E-state index contributed by atoms with van der Waals surface area (Å²) in [5, 5.41) is 0. The Morgan fingerprint density at radius 2 is 1.88 bits per heavy atom. The minimum atomic E-state index is -0.487. The number of carbonyl (C=O) groups is 1. The first-order valence-electron chi connectivity index (χ1n) is 6.98. The quantitative estimate of drug-likeness (QED) is 0.518.